The summed E-state index contributed by atoms with van der Waals surface area (Å²) in [6.07, 6.45) is 4.78. The molecule has 0 fully saturated rings. The first-order valence-electron chi connectivity index (χ1n) is 3.99. The van der Waals surface area contributed by atoms with Gasteiger partial charge in [-0.25, -0.2) is 0 Å². The highest BCUT2D eigenvalue weighted by Crippen LogP contribution is 2.11. The monoisotopic (exact) mass is 186 g/mol. The Balaban J connectivity index is 2.15. The molecule has 1 heterocycles. The molecule has 1 rings (SSSR count). The molecule has 0 aliphatic carbocycles. The first kappa shape index (κ1) is 9.61. The van der Waals surface area contributed by atoms with Gasteiger partial charge in [-0.05, 0) is 17.7 Å². The molecule has 0 aromatic carbocycles. The van der Waals surface area contributed by atoms with Gasteiger partial charge in [-0.1, -0.05) is 0 Å². The van der Waals surface area contributed by atoms with Gasteiger partial charge in [0.1, 0.15) is 0 Å². The maximum absolute atomic E-state index is 8.54. The Hall–Kier alpha value is -0.480. The molecule has 0 bridgehead atoms. The molecule has 1 aromatic rings. The second kappa shape index (κ2) is 5.22. The Kier molecular flexibility index (Phi) is 4.18. The second-order valence-corrected chi connectivity index (χ2v) is 3.76. The SMILES string of the molecule is Cn1cc(CSCCCO)cn1. The van der Waals surface area contributed by atoms with Crippen LogP contribution < -0.4 is 0 Å². The lowest BCUT2D eigenvalue weighted by molar-refractivity contribution is 0.296. The summed E-state index contributed by atoms with van der Waals surface area (Å²) in [6, 6.07) is 0. The van der Waals surface area contributed by atoms with Crippen LogP contribution in [0.15, 0.2) is 12.4 Å². The van der Waals surface area contributed by atoms with Crippen molar-refractivity contribution in [3.63, 3.8) is 0 Å². The van der Waals surface area contributed by atoms with E-state index in [1.54, 1.807) is 0 Å². The predicted molar refractivity (Wildman–Crippen MR) is 51.1 cm³/mol. The lowest BCUT2D eigenvalue weighted by atomic mass is 10.4. The van der Waals surface area contributed by atoms with Crippen molar-refractivity contribution in [1.82, 2.24) is 9.78 Å². The standard InChI is InChI=1S/C8H14N2OS/c1-10-6-8(5-9-10)7-12-4-2-3-11/h5-6,11H,2-4,7H2,1H3. The van der Waals surface area contributed by atoms with E-state index in [9.17, 15) is 0 Å². The zero-order valence-corrected chi connectivity index (χ0v) is 8.05. The molecular weight excluding hydrogens is 172 g/mol. The molecule has 0 spiro atoms. The predicted octanol–water partition coefficient (Wildman–Crippen LogP) is 1.04. The van der Waals surface area contributed by atoms with Crippen LogP contribution in [0.4, 0.5) is 0 Å². The van der Waals surface area contributed by atoms with E-state index in [2.05, 4.69) is 5.10 Å². The molecular formula is C8H14N2OS. The molecule has 0 amide bonds. The smallest absolute Gasteiger partial charge is 0.0530 e. The molecule has 4 heteroatoms. The number of aryl methyl sites for hydroxylation is 1. The summed E-state index contributed by atoms with van der Waals surface area (Å²) >= 11 is 1.83. The summed E-state index contributed by atoms with van der Waals surface area (Å²) in [5.41, 5.74) is 1.25. The van der Waals surface area contributed by atoms with Crippen LogP contribution in [0.25, 0.3) is 0 Å². The average Bonchev–Trinajstić information content (AvgIpc) is 2.45. The van der Waals surface area contributed by atoms with E-state index in [0.29, 0.717) is 6.61 Å². The van der Waals surface area contributed by atoms with E-state index in [1.807, 2.05) is 35.9 Å². The molecule has 0 aliphatic heterocycles. The van der Waals surface area contributed by atoms with Crippen LogP contribution in [0.2, 0.25) is 0 Å². The lowest BCUT2D eigenvalue weighted by Gasteiger charge is -1.95. The van der Waals surface area contributed by atoms with E-state index >= 15 is 0 Å². The van der Waals surface area contributed by atoms with Gasteiger partial charge in [-0.15, -0.1) is 0 Å². The van der Waals surface area contributed by atoms with Crippen LogP contribution in [-0.4, -0.2) is 27.2 Å². The Bertz CT molecular complexity index is 225. The van der Waals surface area contributed by atoms with Crippen LogP contribution in [-0.2, 0) is 12.8 Å². The summed E-state index contributed by atoms with van der Waals surface area (Å²) in [5.74, 6) is 2.01. The van der Waals surface area contributed by atoms with E-state index in [4.69, 9.17) is 5.11 Å². The molecule has 1 aromatic heterocycles. The highest BCUT2D eigenvalue weighted by Gasteiger charge is 1.95. The topological polar surface area (TPSA) is 38.0 Å². The number of aromatic nitrogens is 2. The van der Waals surface area contributed by atoms with Gasteiger partial charge in [0.15, 0.2) is 0 Å². The van der Waals surface area contributed by atoms with E-state index in [1.165, 1.54) is 5.56 Å². The molecule has 1 N–H and O–H groups in total. The van der Waals surface area contributed by atoms with Gasteiger partial charge in [-0.2, -0.15) is 16.9 Å². The van der Waals surface area contributed by atoms with Crippen molar-refractivity contribution in [2.45, 2.75) is 12.2 Å². The van der Waals surface area contributed by atoms with Crippen molar-refractivity contribution in [3.05, 3.63) is 18.0 Å². The minimum Gasteiger partial charge on any atom is -0.396 e. The number of aliphatic hydroxyl groups is 1. The molecule has 3 nitrogen and oxygen atoms in total. The van der Waals surface area contributed by atoms with Crippen molar-refractivity contribution in [2.75, 3.05) is 12.4 Å². The minimum atomic E-state index is 0.292. The van der Waals surface area contributed by atoms with Gasteiger partial charge in [-0.3, -0.25) is 4.68 Å². The number of hydrogen-bond donors (Lipinski definition) is 1. The van der Waals surface area contributed by atoms with Crippen LogP contribution in [0.1, 0.15) is 12.0 Å². The summed E-state index contributed by atoms with van der Waals surface area (Å²) in [6.45, 7) is 0.292. The first-order chi connectivity index (χ1) is 5.83. The third-order valence-corrected chi connectivity index (χ3v) is 2.59. The largest absolute Gasteiger partial charge is 0.396 e. The number of hydrogen-bond acceptors (Lipinski definition) is 3. The molecule has 0 saturated heterocycles. The third kappa shape index (κ3) is 3.28. The van der Waals surface area contributed by atoms with Gasteiger partial charge >= 0.3 is 0 Å². The Labute approximate surface area is 76.8 Å². The van der Waals surface area contributed by atoms with Crippen molar-refractivity contribution in [1.29, 1.82) is 0 Å². The molecule has 0 saturated carbocycles. The van der Waals surface area contributed by atoms with Gasteiger partial charge < -0.3 is 5.11 Å². The highest BCUT2D eigenvalue weighted by molar-refractivity contribution is 7.98. The Morgan fingerprint density at radius 3 is 3.08 bits per heavy atom. The molecule has 0 atom stereocenters. The van der Waals surface area contributed by atoms with Crippen molar-refractivity contribution >= 4 is 11.8 Å². The molecule has 12 heavy (non-hydrogen) atoms. The van der Waals surface area contributed by atoms with Crippen LogP contribution in [0.5, 0.6) is 0 Å². The number of nitrogens with zero attached hydrogens (tertiary/aromatic N) is 2. The zero-order chi connectivity index (χ0) is 8.81. The zero-order valence-electron chi connectivity index (χ0n) is 7.23. The van der Waals surface area contributed by atoms with E-state index < -0.39 is 0 Å². The first-order valence-corrected chi connectivity index (χ1v) is 5.14. The Morgan fingerprint density at radius 2 is 2.50 bits per heavy atom. The highest BCUT2D eigenvalue weighted by atomic mass is 32.2. The maximum Gasteiger partial charge on any atom is 0.0530 e. The van der Waals surface area contributed by atoms with Gasteiger partial charge in [0.25, 0.3) is 0 Å². The molecule has 0 unspecified atom stereocenters. The van der Waals surface area contributed by atoms with Crippen molar-refractivity contribution in [3.8, 4) is 0 Å². The summed E-state index contributed by atoms with van der Waals surface area (Å²) in [4.78, 5) is 0. The fourth-order valence-corrected chi connectivity index (χ4v) is 1.77. The quantitative estimate of drug-likeness (QED) is 0.698. The number of rotatable bonds is 5. The van der Waals surface area contributed by atoms with E-state index in [-0.39, 0.29) is 0 Å². The average molecular weight is 186 g/mol. The minimum absolute atomic E-state index is 0.292. The summed E-state index contributed by atoms with van der Waals surface area (Å²) in [5, 5.41) is 12.6. The normalized spacial score (nSPS) is 10.5. The van der Waals surface area contributed by atoms with E-state index in [0.717, 1.165) is 17.9 Å². The van der Waals surface area contributed by atoms with Crippen molar-refractivity contribution < 1.29 is 5.11 Å². The number of aliphatic hydroxyl groups excluding tert-OH is 1. The van der Waals surface area contributed by atoms with Crippen LogP contribution in [0, 0.1) is 0 Å². The Morgan fingerprint density at radius 1 is 1.67 bits per heavy atom. The van der Waals surface area contributed by atoms with Gasteiger partial charge in [0, 0.05) is 25.6 Å². The summed E-state index contributed by atoms with van der Waals surface area (Å²) in [7, 11) is 1.92. The van der Waals surface area contributed by atoms with Gasteiger partial charge in [0.05, 0.1) is 6.20 Å². The van der Waals surface area contributed by atoms with Crippen LogP contribution in [0.3, 0.4) is 0 Å². The molecule has 0 radical (unpaired) electrons. The van der Waals surface area contributed by atoms with Crippen molar-refractivity contribution in [2.24, 2.45) is 7.05 Å². The molecule has 68 valence electrons. The fourth-order valence-electron chi connectivity index (χ4n) is 0.903. The summed E-state index contributed by atoms with van der Waals surface area (Å²) < 4.78 is 1.81. The third-order valence-electron chi connectivity index (χ3n) is 1.47. The lowest BCUT2D eigenvalue weighted by Crippen LogP contribution is -1.87. The fraction of sp³-hybridized carbons (Fsp3) is 0.625. The maximum atomic E-state index is 8.54. The second-order valence-electron chi connectivity index (χ2n) is 2.65. The van der Waals surface area contributed by atoms with Gasteiger partial charge in [0.2, 0.25) is 0 Å². The molecule has 0 aliphatic rings. The van der Waals surface area contributed by atoms with Crippen LogP contribution >= 0.6 is 11.8 Å². The number of thioether (sulfide) groups is 1.